The highest BCUT2D eigenvalue weighted by Gasteiger charge is 2.50. The molecule has 0 bridgehead atoms. The molecule has 0 radical (unpaired) electrons. The normalized spacial score (nSPS) is 20.8. The second-order valence-electron chi connectivity index (χ2n) is 12.2. The molecule has 4 rings (SSSR count). The van der Waals surface area contributed by atoms with Crippen molar-refractivity contribution < 1.29 is 28.7 Å². The lowest BCUT2D eigenvalue weighted by molar-refractivity contribution is -0.139. The Kier molecular flexibility index (Phi) is 10.4. The fraction of sp³-hybridized carbons (Fsp3) is 0.515. The molecular weight excluding hydrogens is 550 g/mol. The summed E-state index contributed by atoms with van der Waals surface area (Å²) in [5, 5.41) is 2.93. The largest absolute Gasteiger partial charge is 0.361 e. The third kappa shape index (κ3) is 8.56. The van der Waals surface area contributed by atoms with Gasteiger partial charge in [-0.3, -0.25) is 28.8 Å². The summed E-state index contributed by atoms with van der Waals surface area (Å²) in [7, 11) is 0. The maximum atomic E-state index is 13.7. The number of aromatic amines is 1. The zero-order valence-corrected chi connectivity index (χ0v) is 25.1. The molecule has 4 atom stereocenters. The van der Waals surface area contributed by atoms with E-state index in [0.717, 1.165) is 5.56 Å². The smallest absolute Gasteiger partial charge is 0.248 e. The number of H-pyrrole nitrogens is 1. The van der Waals surface area contributed by atoms with Gasteiger partial charge in [0, 0.05) is 37.8 Å². The van der Waals surface area contributed by atoms with E-state index in [-0.39, 0.29) is 60.0 Å². The summed E-state index contributed by atoms with van der Waals surface area (Å²) in [5.74, 6) is -2.02. The van der Waals surface area contributed by atoms with Crippen LogP contribution in [0, 0.1) is 11.8 Å². The van der Waals surface area contributed by atoms with Crippen LogP contribution in [0.5, 0.6) is 0 Å². The Morgan fingerprint density at radius 3 is 2.42 bits per heavy atom. The standard InChI is InChI=1S/C33H41N3O7/c1-21(2)17-25(31(41)33(3)20-43-33)35-32(42)23(18-22-9-5-4-6-10-22)19-28(38)26-12-8-16-36(26)30(40)15-14-27(37)24-11-7-13-29(39)34-24/h4-7,9-11,13,21,23,25-26H,8,12,14-20H2,1-3H3,(H,34,39)(H,35,42)/t23-,25+,26+,33-/m1/s1. The molecule has 2 aliphatic rings. The number of ether oxygens (including phenoxy) is 1. The second kappa shape index (κ2) is 14.0. The minimum Gasteiger partial charge on any atom is -0.361 e. The number of likely N-dealkylation sites (tertiary alicyclic amines) is 1. The van der Waals surface area contributed by atoms with Crippen LogP contribution in [-0.2, 0) is 30.3 Å². The fourth-order valence-electron chi connectivity index (χ4n) is 5.66. The Labute approximate surface area is 251 Å². The van der Waals surface area contributed by atoms with E-state index in [1.165, 1.54) is 23.1 Å². The first-order valence-corrected chi connectivity index (χ1v) is 15.0. The van der Waals surface area contributed by atoms with Gasteiger partial charge in [0.25, 0.3) is 0 Å². The van der Waals surface area contributed by atoms with Crippen LogP contribution in [0.2, 0.25) is 0 Å². The zero-order chi connectivity index (χ0) is 31.1. The van der Waals surface area contributed by atoms with Gasteiger partial charge in [0.2, 0.25) is 17.4 Å². The summed E-state index contributed by atoms with van der Waals surface area (Å²) in [6.07, 6.45) is 1.61. The van der Waals surface area contributed by atoms with Crippen molar-refractivity contribution in [1.82, 2.24) is 15.2 Å². The molecule has 0 saturated carbocycles. The van der Waals surface area contributed by atoms with Crippen molar-refractivity contribution in [1.29, 1.82) is 0 Å². The van der Waals surface area contributed by atoms with Crippen LogP contribution >= 0.6 is 0 Å². The number of aromatic nitrogens is 1. The lowest BCUT2D eigenvalue weighted by Crippen LogP contribution is -2.49. The zero-order valence-electron chi connectivity index (χ0n) is 25.1. The first kappa shape index (κ1) is 32.0. The molecule has 230 valence electrons. The third-order valence-corrected chi connectivity index (χ3v) is 8.16. The molecule has 2 N–H and O–H groups in total. The van der Waals surface area contributed by atoms with E-state index in [9.17, 15) is 28.8 Å². The highest BCUT2D eigenvalue weighted by atomic mass is 16.6. The van der Waals surface area contributed by atoms with E-state index in [4.69, 9.17) is 4.74 Å². The highest BCUT2D eigenvalue weighted by molar-refractivity contribution is 5.99. The van der Waals surface area contributed by atoms with E-state index in [2.05, 4.69) is 10.3 Å². The van der Waals surface area contributed by atoms with Crippen molar-refractivity contribution in [3.63, 3.8) is 0 Å². The predicted molar refractivity (Wildman–Crippen MR) is 159 cm³/mol. The first-order valence-electron chi connectivity index (χ1n) is 15.0. The van der Waals surface area contributed by atoms with Crippen LogP contribution in [0.25, 0.3) is 0 Å². The minimum atomic E-state index is -0.889. The van der Waals surface area contributed by atoms with Gasteiger partial charge in [-0.05, 0) is 50.2 Å². The SMILES string of the molecule is CC(C)C[C@H](NC(=O)[C@@H](CC(=O)[C@@H]1CCCN1C(=O)CCC(=O)c1cccc(=O)[nH]1)Cc1ccccc1)C(=O)[C@@]1(C)CO1. The minimum absolute atomic E-state index is 0.0876. The molecule has 0 spiro atoms. The Bertz CT molecular complexity index is 1400. The van der Waals surface area contributed by atoms with Crippen molar-refractivity contribution in [2.75, 3.05) is 13.2 Å². The van der Waals surface area contributed by atoms with Crippen molar-refractivity contribution >= 4 is 29.2 Å². The summed E-state index contributed by atoms with van der Waals surface area (Å²) in [6, 6.07) is 12.3. The number of nitrogens with one attached hydrogen (secondary N) is 2. The molecule has 10 heteroatoms. The summed E-state index contributed by atoms with van der Waals surface area (Å²) < 4.78 is 5.36. The number of Topliss-reactive ketones (excluding diaryl/α,β-unsaturated/α-hetero) is 3. The number of amides is 2. The van der Waals surface area contributed by atoms with Gasteiger partial charge in [0.1, 0.15) is 5.60 Å². The first-order chi connectivity index (χ1) is 20.5. The molecule has 1 aromatic carbocycles. The number of ketones is 3. The molecule has 1 aromatic heterocycles. The van der Waals surface area contributed by atoms with Gasteiger partial charge < -0.3 is 19.9 Å². The number of carbonyl (C=O) groups excluding carboxylic acids is 5. The van der Waals surface area contributed by atoms with E-state index in [1.807, 2.05) is 44.2 Å². The Morgan fingerprint density at radius 2 is 1.77 bits per heavy atom. The van der Waals surface area contributed by atoms with Gasteiger partial charge in [-0.2, -0.15) is 0 Å². The van der Waals surface area contributed by atoms with Crippen molar-refractivity contribution in [3.05, 3.63) is 70.1 Å². The van der Waals surface area contributed by atoms with Crippen molar-refractivity contribution in [2.24, 2.45) is 11.8 Å². The lowest BCUT2D eigenvalue weighted by atomic mass is 9.89. The molecule has 0 unspecified atom stereocenters. The average molecular weight is 592 g/mol. The van der Waals surface area contributed by atoms with Crippen LogP contribution in [0.3, 0.4) is 0 Å². The number of epoxide rings is 1. The number of carbonyl (C=O) groups is 5. The number of benzene rings is 1. The summed E-state index contributed by atoms with van der Waals surface area (Å²) in [6.45, 7) is 6.39. The van der Waals surface area contributed by atoms with Crippen LogP contribution < -0.4 is 10.9 Å². The van der Waals surface area contributed by atoms with Gasteiger partial charge in [0.15, 0.2) is 17.3 Å². The van der Waals surface area contributed by atoms with E-state index in [1.54, 1.807) is 6.92 Å². The summed E-state index contributed by atoms with van der Waals surface area (Å²) >= 11 is 0. The van der Waals surface area contributed by atoms with Gasteiger partial charge >= 0.3 is 0 Å². The molecule has 2 aliphatic heterocycles. The Balaban J connectivity index is 1.44. The van der Waals surface area contributed by atoms with Gasteiger partial charge in [-0.15, -0.1) is 0 Å². The Hall–Kier alpha value is -3.92. The summed E-state index contributed by atoms with van der Waals surface area (Å²) in [5.41, 5.74) is -0.261. The number of hydrogen-bond acceptors (Lipinski definition) is 7. The highest BCUT2D eigenvalue weighted by Crippen LogP contribution is 2.30. The number of pyridine rings is 1. The quantitative estimate of drug-likeness (QED) is 0.239. The molecule has 3 heterocycles. The van der Waals surface area contributed by atoms with E-state index >= 15 is 0 Å². The average Bonchev–Trinajstić information content (AvgIpc) is 3.53. The third-order valence-electron chi connectivity index (χ3n) is 8.16. The maximum absolute atomic E-state index is 13.7. The molecule has 2 amide bonds. The molecule has 2 aromatic rings. The topological polar surface area (TPSA) is 146 Å². The number of nitrogens with zero attached hydrogens (tertiary/aromatic N) is 1. The van der Waals surface area contributed by atoms with E-state index in [0.29, 0.717) is 38.8 Å². The molecule has 0 aliphatic carbocycles. The van der Waals surface area contributed by atoms with Crippen LogP contribution in [0.1, 0.15) is 75.3 Å². The Morgan fingerprint density at radius 1 is 1.05 bits per heavy atom. The molecule has 43 heavy (non-hydrogen) atoms. The molecule has 10 nitrogen and oxygen atoms in total. The summed E-state index contributed by atoms with van der Waals surface area (Å²) in [4.78, 5) is 81.6. The van der Waals surface area contributed by atoms with Gasteiger partial charge in [-0.1, -0.05) is 50.2 Å². The molecular formula is C33H41N3O7. The van der Waals surface area contributed by atoms with Crippen LogP contribution in [-0.4, -0.2) is 69.9 Å². The van der Waals surface area contributed by atoms with Crippen LogP contribution in [0.4, 0.5) is 0 Å². The monoisotopic (exact) mass is 591 g/mol. The van der Waals surface area contributed by atoms with E-state index < -0.39 is 29.2 Å². The van der Waals surface area contributed by atoms with Gasteiger partial charge in [-0.25, -0.2) is 0 Å². The predicted octanol–water partition coefficient (Wildman–Crippen LogP) is 3.04. The van der Waals surface area contributed by atoms with Crippen LogP contribution in [0.15, 0.2) is 53.3 Å². The fourth-order valence-corrected chi connectivity index (χ4v) is 5.66. The number of hydrogen-bond donors (Lipinski definition) is 2. The number of rotatable bonds is 15. The van der Waals surface area contributed by atoms with Crippen molar-refractivity contribution in [3.8, 4) is 0 Å². The molecule has 2 fully saturated rings. The second-order valence-corrected chi connectivity index (χ2v) is 12.2. The lowest BCUT2D eigenvalue weighted by Gasteiger charge is -2.27. The molecule has 2 saturated heterocycles. The van der Waals surface area contributed by atoms with Gasteiger partial charge in [0.05, 0.1) is 24.4 Å². The maximum Gasteiger partial charge on any atom is 0.248 e. The van der Waals surface area contributed by atoms with Crippen molar-refractivity contribution in [2.45, 2.75) is 83.4 Å².